The molecule has 0 aliphatic heterocycles. The minimum Gasteiger partial charge on any atom is -0.497 e. The Morgan fingerprint density at radius 2 is 1.64 bits per heavy atom. The fraction of sp³-hybridized carbons (Fsp3) is 0.524. The van der Waals surface area contributed by atoms with Crippen molar-refractivity contribution in [3.63, 3.8) is 0 Å². The van der Waals surface area contributed by atoms with Crippen LogP contribution in [0.5, 0.6) is 11.5 Å². The first-order valence-corrected chi connectivity index (χ1v) is 9.79. The molecule has 1 aliphatic carbocycles. The highest BCUT2D eigenvalue weighted by Gasteiger charge is 2.21. The van der Waals surface area contributed by atoms with Crippen LogP contribution in [0.15, 0.2) is 30.5 Å². The number of hydrogen-bond acceptors (Lipinski definition) is 7. The first kappa shape index (κ1) is 20.2. The Balaban J connectivity index is 1.47. The van der Waals surface area contributed by atoms with Crippen molar-refractivity contribution in [1.29, 1.82) is 0 Å². The Morgan fingerprint density at radius 1 is 1.00 bits per heavy atom. The molecule has 0 bridgehead atoms. The van der Waals surface area contributed by atoms with Crippen LogP contribution in [0.4, 0.5) is 11.8 Å². The lowest BCUT2D eigenvalue weighted by Crippen LogP contribution is -2.36. The molecule has 0 amide bonds. The standard InChI is InChI=1S/C21H31N5O2/c1-26(2)20-9-10-22-21(25-20)24-17-7-5-16(6-8-17)23-14-15-11-18(27-3)13-19(12-15)28-4/h9-13,16-17,23H,5-8,14H2,1-4H3,(H,22,24,25). The van der Waals surface area contributed by atoms with E-state index in [-0.39, 0.29) is 0 Å². The molecule has 7 nitrogen and oxygen atoms in total. The molecule has 0 saturated heterocycles. The number of hydrogen-bond donors (Lipinski definition) is 2. The summed E-state index contributed by atoms with van der Waals surface area (Å²) in [6.45, 7) is 0.810. The van der Waals surface area contributed by atoms with Crippen LogP contribution in [0.25, 0.3) is 0 Å². The van der Waals surface area contributed by atoms with Gasteiger partial charge < -0.3 is 25.0 Å². The molecule has 0 spiro atoms. The molecular weight excluding hydrogens is 354 g/mol. The zero-order valence-electron chi connectivity index (χ0n) is 17.2. The van der Waals surface area contributed by atoms with Crippen LogP contribution in [-0.2, 0) is 6.54 Å². The van der Waals surface area contributed by atoms with Gasteiger partial charge in [0.05, 0.1) is 14.2 Å². The molecule has 2 N–H and O–H groups in total. The maximum atomic E-state index is 5.35. The van der Waals surface area contributed by atoms with Crippen molar-refractivity contribution in [3.8, 4) is 11.5 Å². The van der Waals surface area contributed by atoms with Crippen LogP contribution >= 0.6 is 0 Å². The average molecular weight is 386 g/mol. The summed E-state index contributed by atoms with van der Waals surface area (Å²) in [5.41, 5.74) is 1.17. The predicted octanol–water partition coefficient (Wildman–Crippen LogP) is 3.07. The van der Waals surface area contributed by atoms with Gasteiger partial charge in [-0.25, -0.2) is 4.98 Å². The van der Waals surface area contributed by atoms with Crippen LogP contribution in [0.2, 0.25) is 0 Å². The molecule has 7 heteroatoms. The molecule has 0 radical (unpaired) electrons. The first-order valence-electron chi connectivity index (χ1n) is 9.79. The molecule has 3 rings (SSSR count). The number of ether oxygens (including phenoxy) is 2. The van der Waals surface area contributed by atoms with Crippen LogP contribution < -0.4 is 25.0 Å². The normalized spacial score (nSPS) is 19.1. The van der Waals surface area contributed by atoms with Crippen molar-refractivity contribution in [1.82, 2.24) is 15.3 Å². The average Bonchev–Trinajstić information content (AvgIpc) is 2.73. The maximum Gasteiger partial charge on any atom is 0.224 e. The third kappa shape index (κ3) is 5.48. The van der Waals surface area contributed by atoms with E-state index in [4.69, 9.17) is 9.47 Å². The molecule has 0 atom stereocenters. The second-order valence-corrected chi connectivity index (χ2v) is 7.43. The number of rotatable bonds is 8. The third-order valence-corrected chi connectivity index (χ3v) is 5.17. The maximum absolute atomic E-state index is 5.35. The van der Waals surface area contributed by atoms with Gasteiger partial charge in [0.1, 0.15) is 17.3 Å². The van der Waals surface area contributed by atoms with Gasteiger partial charge in [0.25, 0.3) is 0 Å². The van der Waals surface area contributed by atoms with Crippen molar-refractivity contribution in [2.45, 2.75) is 44.3 Å². The lowest BCUT2D eigenvalue weighted by molar-refractivity contribution is 0.351. The van der Waals surface area contributed by atoms with Gasteiger partial charge in [-0.1, -0.05) is 0 Å². The number of methoxy groups -OCH3 is 2. The zero-order chi connectivity index (χ0) is 19.9. The van der Waals surface area contributed by atoms with Crippen molar-refractivity contribution >= 4 is 11.8 Å². The second-order valence-electron chi connectivity index (χ2n) is 7.43. The largest absolute Gasteiger partial charge is 0.497 e. The topological polar surface area (TPSA) is 71.5 Å². The molecule has 1 heterocycles. The van der Waals surface area contributed by atoms with Crippen molar-refractivity contribution in [2.75, 3.05) is 38.5 Å². The Morgan fingerprint density at radius 3 is 2.25 bits per heavy atom. The minimum atomic E-state index is 0.423. The van der Waals surface area contributed by atoms with Gasteiger partial charge >= 0.3 is 0 Å². The van der Waals surface area contributed by atoms with Gasteiger partial charge in [-0.15, -0.1) is 0 Å². The Labute approximate surface area is 167 Å². The number of anilines is 2. The first-order chi connectivity index (χ1) is 13.6. The summed E-state index contributed by atoms with van der Waals surface area (Å²) in [5, 5.41) is 7.16. The highest BCUT2D eigenvalue weighted by Crippen LogP contribution is 2.24. The van der Waals surface area contributed by atoms with E-state index in [1.807, 2.05) is 31.1 Å². The molecule has 1 aromatic heterocycles. The fourth-order valence-electron chi connectivity index (χ4n) is 3.52. The SMILES string of the molecule is COc1cc(CNC2CCC(Nc3nccc(N(C)C)n3)CC2)cc(OC)c1. The molecular formula is C21H31N5O2. The van der Waals surface area contributed by atoms with E-state index in [0.29, 0.717) is 18.0 Å². The lowest BCUT2D eigenvalue weighted by Gasteiger charge is -2.30. The van der Waals surface area contributed by atoms with Crippen molar-refractivity contribution in [2.24, 2.45) is 0 Å². The van der Waals surface area contributed by atoms with Crippen molar-refractivity contribution < 1.29 is 9.47 Å². The van der Waals surface area contributed by atoms with E-state index < -0.39 is 0 Å². The fourth-order valence-corrected chi connectivity index (χ4v) is 3.52. The zero-order valence-corrected chi connectivity index (χ0v) is 17.2. The van der Waals surface area contributed by atoms with Crippen molar-refractivity contribution in [3.05, 3.63) is 36.0 Å². The molecule has 2 aromatic rings. The minimum absolute atomic E-state index is 0.423. The van der Waals surface area contributed by atoms with E-state index >= 15 is 0 Å². The Hall–Kier alpha value is -2.54. The lowest BCUT2D eigenvalue weighted by atomic mass is 9.91. The van der Waals surface area contributed by atoms with E-state index in [1.165, 1.54) is 5.56 Å². The number of benzene rings is 1. The molecule has 0 unspecified atom stereocenters. The van der Waals surface area contributed by atoms with Gasteiger partial charge in [0, 0.05) is 45.0 Å². The van der Waals surface area contributed by atoms with E-state index in [0.717, 1.165) is 49.5 Å². The van der Waals surface area contributed by atoms with Gasteiger partial charge in [-0.05, 0) is 49.4 Å². The summed E-state index contributed by atoms with van der Waals surface area (Å²) in [6.07, 6.45) is 6.28. The van der Waals surface area contributed by atoms with Crippen LogP contribution in [0.3, 0.4) is 0 Å². The molecule has 1 aliphatic rings. The summed E-state index contributed by atoms with van der Waals surface area (Å²) < 4.78 is 10.7. The molecule has 1 fully saturated rings. The van der Waals surface area contributed by atoms with Gasteiger partial charge in [-0.3, -0.25) is 0 Å². The summed E-state index contributed by atoms with van der Waals surface area (Å²) in [4.78, 5) is 10.9. The van der Waals surface area contributed by atoms with E-state index in [2.05, 4.69) is 32.7 Å². The van der Waals surface area contributed by atoms with Crippen LogP contribution in [0.1, 0.15) is 31.2 Å². The molecule has 28 heavy (non-hydrogen) atoms. The summed E-state index contributed by atoms with van der Waals surface area (Å²) in [6, 6.07) is 8.86. The highest BCUT2D eigenvalue weighted by molar-refractivity contribution is 5.41. The number of nitrogens with one attached hydrogen (secondary N) is 2. The highest BCUT2D eigenvalue weighted by atomic mass is 16.5. The molecule has 152 valence electrons. The number of aromatic nitrogens is 2. The smallest absolute Gasteiger partial charge is 0.224 e. The van der Waals surface area contributed by atoms with Crippen LogP contribution in [-0.4, -0.2) is 50.4 Å². The van der Waals surface area contributed by atoms with Crippen LogP contribution in [0, 0.1) is 0 Å². The third-order valence-electron chi connectivity index (χ3n) is 5.17. The van der Waals surface area contributed by atoms with Gasteiger partial charge in [-0.2, -0.15) is 4.98 Å². The number of nitrogens with zero attached hydrogens (tertiary/aromatic N) is 3. The quantitative estimate of drug-likeness (QED) is 0.723. The Bertz CT molecular complexity index is 738. The summed E-state index contributed by atoms with van der Waals surface area (Å²) >= 11 is 0. The second kappa shape index (κ2) is 9.59. The molecule has 1 saturated carbocycles. The monoisotopic (exact) mass is 385 g/mol. The summed E-state index contributed by atoms with van der Waals surface area (Å²) in [5.74, 6) is 3.28. The van der Waals surface area contributed by atoms with Gasteiger partial charge in [0.2, 0.25) is 5.95 Å². The Kier molecular flexibility index (Phi) is 6.92. The van der Waals surface area contributed by atoms with Gasteiger partial charge in [0.15, 0.2) is 0 Å². The van der Waals surface area contributed by atoms with E-state index in [9.17, 15) is 0 Å². The molecule has 1 aromatic carbocycles. The summed E-state index contributed by atoms with van der Waals surface area (Å²) in [7, 11) is 7.33. The predicted molar refractivity (Wildman–Crippen MR) is 112 cm³/mol. The van der Waals surface area contributed by atoms with E-state index in [1.54, 1.807) is 20.4 Å².